The van der Waals surface area contributed by atoms with Crippen LogP contribution in [-0.4, -0.2) is 42.9 Å². The second kappa shape index (κ2) is 6.26. The van der Waals surface area contributed by atoms with E-state index in [0.717, 1.165) is 0 Å². The van der Waals surface area contributed by atoms with E-state index in [9.17, 15) is 4.79 Å². The molecule has 2 amide bonds. The summed E-state index contributed by atoms with van der Waals surface area (Å²) in [5.41, 5.74) is 1.28. The van der Waals surface area contributed by atoms with E-state index in [1.807, 2.05) is 0 Å². The number of aryl methyl sites for hydroxylation is 1. The Kier molecular flexibility index (Phi) is 4.00. The van der Waals surface area contributed by atoms with Crippen LogP contribution in [0, 0.1) is 6.92 Å². The Morgan fingerprint density at radius 2 is 2.30 bits per heavy atom. The van der Waals surface area contributed by atoms with Crippen molar-refractivity contribution in [2.75, 3.05) is 12.4 Å². The van der Waals surface area contributed by atoms with Crippen molar-refractivity contribution in [2.24, 2.45) is 0 Å². The molecule has 0 aliphatic rings. The van der Waals surface area contributed by atoms with Gasteiger partial charge >= 0.3 is 6.03 Å². The molecule has 1 N–H and O–H groups in total. The first-order valence-electron chi connectivity index (χ1n) is 6.87. The number of nitrogens with one attached hydrogen (secondary N) is 1. The number of urea groups is 1. The highest BCUT2D eigenvalue weighted by atomic mass is 16.5. The van der Waals surface area contributed by atoms with Crippen LogP contribution in [0.4, 0.5) is 10.5 Å². The molecule has 0 unspecified atom stereocenters. The highest BCUT2D eigenvalue weighted by Crippen LogP contribution is 2.10. The monoisotopic (exact) mass is 313 g/mol. The number of nitrogens with zero attached hydrogens (tertiary/aromatic N) is 6. The highest BCUT2D eigenvalue weighted by molar-refractivity contribution is 5.88. The Morgan fingerprint density at radius 3 is 2.91 bits per heavy atom. The number of hydrogen-bond acceptors (Lipinski definition) is 6. The van der Waals surface area contributed by atoms with Gasteiger partial charge < -0.3 is 14.7 Å². The third-order valence-electron chi connectivity index (χ3n) is 3.08. The molecule has 0 aliphatic heterocycles. The molecule has 0 saturated carbocycles. The Bertz CT molecular complexity index is 780. The maximum Gasteiger partial charge on any atom is 0.321 e. The second-order valence-electron chi connectivity index (χ2n) is 4.96. The van der Waals surface area contributed by atoms with Gasteiger partial charge in [0, 0.05) is 13.1 Å². The minimum atomic E-state index is -0.263. The van der Waals surface area contributed by atoms with Crippen LogP contribution >= 0.6 is 0 Å². The van der Waals surface area contributed by atoms with Crippen molar-refractivity contribution in [1.29, 1.82) is 0 Å². The largest absolute Gasteiger partial charge is 0.361 e. The van der Waals surface area contributed by atoms with Gasteiger partial charge in [-0.05, 0) is 19.1 Å². The summed E-state index contributed by atoms with van der Waals surface area (Å²) < 4.78 is 6.51. The van der Waals surface area contributed by atoms with Gasteiger partial charge in [-0.25, -0.2) is 19.4 Å². The topological polar surface area (TPSA) is 102 Å². The molecule has 0 aliphatic carbocycles. The predicted octanol–water partition coefficient (Wildman–Crippen LogP) is 1.62. The maximum atomic E-state index is 12.1. The van der Waals surface area contributed by atoms with Crippen molar-refractivity contribution in [3.63, 3.8) is 0 Å². The molecule has 3 aromatic rings. The first kappa shape index (κ1) is 14.7. The molecular formula is C14H15N7O2. The normalized spacial score (nSPS) is 10.5. The van der Waals surface area contributed by atoms with E-state index in [-0.39, 0.29) is 6.03 Å². The van der Waals surface area contributed by atoms with Gasteiger partial charge in [-0.15, -0.1) is 0 Å². The SMILES string of the molecule is Cc1cc(CN(C)C(=O)Nc2ccc(-n3cncn3)nc2)no1. The first-order valence-corrected chi connectivity index (χ1v) is 6.87. The lowest BCUT2D eigenvalue weighted by Crippen LogP contribution is -2.31. The third kappa shape index (κ3) is 3.51. The van der Waals surface area contributed by atoms with E-state index in [0.29, 0.717) is 29.5 Å². The van der Waals surface area contributed by atoms with Gasteiger partial charge in [0.25, 0.3) is 0 Å². The van der Waals surface area contributed by atoms with Crippen LogP contribution in [0.1, 0.15) is 11.5 Å². The lowest BCUT2D eigenvalue weighted by atomic mass is 10.3. The number of carbonyl (C=O) groups is 1. The molecule has 0 bridgehead atoms. The van der Waals surface area contributed by atoms with Crippen LogP contribution in [0.5, 0.6) is 0 Å². The number of aromatic nitrogens is 5. The quantitative estimate of drug-likeness (QED) is 0.785. The third-order valence-corrected chi connectivity index (χ3v) is 3.08. The van der Waals surface area contributed by atoms with Crippen molar-refractivity contribution >= 4 is 11.7 Å². The second-order valence-corrected chi connectivity index (χ2v) is 4.96. The van der Waals surface area contributed by atoms with Crippen LogP contribution in [0.2, 0.25) is 0 Å². The Balaban J connectivity index is 1.61. The van der Waals surface area contributed by atoms with Crippen molar-refractivity contribution < 1.29 is 9.32 Å². The molecular weight excluding hydrogens is 298 g/mol. The van der Waals surface area contributed by atoms with Crippen LogP contribution in [0.25, 0.3) is 5.82 Å². The van der Waals surface area contributed by atoms with Gasteiger partial charge in [0.05, 0.1) is 18.4 Å². The summed E-state index contributed by atoms with van der Waals surface area (Å²) in [7, 11) is 1.68. The number of hydrogen-bond donors (Lipinski definition) is 1. The van der Waals surface area contributed by atoms with E-state index >= 15 is 0 Å². The van der Waals surface area contributed by atoms with Crippen molar-refractivity contribution in [3.8, 4) is 5.82 Å². The Morgan fingerprint density at radius 1 is 1.43 bits per heavy atom. The molecule has 0 atom stereocenters. The van der Waals surface area contributed by atoms with Gasteiger partial charge in [0.1, 0.15) is 24.1 Å². The summed E-state index contributed by atoms with van der Waals surface area (Å²) in [4.78, 5) is 21.7. The van der Waals surface area contributed by atoms with E-state index in [2.05, 4.69) is 25.5 Å². The summed E-state index contributed by atoms with van der Waals surface area (Å²) in [5, 5.41) is 10.6. The predicted molar refractivity (Wildman–Crippen MR) is 80.9 cm³/mol. The molecule has 23 heavy (non-hydrogen) atoms. The van der Waals surface area contributed by atoms with Crippen LogP contribution in [-0.2, 0) is 6.54 Å². The molecule has 0 saturated heterocycles. The van der Waals surface area contributed by atoms with Gasteiger partial charge in [0.2, 0.25) is 0 Å². The van der Waals surface area contributed by atoms with Crippen LogP contribution in [0.3, 0.4) is 0 Å². The zero-order valence-electron chi connectivity index (χ0n) is 12.7. The molecule has 3 aromatic heterocycles. The molecule has 118 valence electrons. The fourth-order valence-corrected chi connectivity index (χ4v) is 1.95. The minimum absolute atomic E-state index is 0.263. The number of carbonyl (C=O) groups excluding carboxylic acids is 1. The average molecular weight is 313 g/mol. The lowest BCUT2D eigenvalue weighted by molar-refractivity contribution is 0.219. The van der Waals surface area contributed by atoms with Crippen LogP contribution in [0.15, 0.2) is 41.6 Å². The zero-order valence-corrected chi connectivity index (χ0v) is 12.7. The number of rotatable bonds is 4. The summed E-state index contributed by atoms with van der Waals surface area (Å²) in [6, 6.07) is 5.01. The minimum Gasteiger partial charge on any atom is -0.361 e. The molecule has 3 rings (SSSR count). The lowest BCUT2D eigenvalue weighted by Gasteiger charge is -2.16. The highest BCUT2D eigenvalue weighted by Gasteiger charge is 2.12. The number of anilines is 1. The first-order chi connectivity index (χ1) is 11.1. The number of amides is 2. The van der Waals surface area contributed by atoms with Gasteiger partial charge in [-0.1, -0.05) is 5.16 Å². The van der Waals surface area contributed by atoms with E-state index in [1.165, 1.54) is 15.9 Å². The molecule has 0 aromatic carbocycles. The number of pyridine rings is 1. The fourth-order valence-electron chi connectivity index (χ4n) is 1.95. The Hall–Kier alpha value is -3.23. The fraction of sp³-hybridized carbons (Fsp3) is 0.214. The van der Waals surface area contributed by atoms with Gasteiger partial charge in [-0.2, -0.15) is 5.10 Å². The smallest absolute Gasteiger partial charge is 0.321 e. The van der Waals surface area contributed by atoms with Gasteiger partial charge in [-0.3, -0.25) is 0 Å². The molecule has 3 heterocycles. The Labute approximate surface area is 131 Å². The average Bonchev–Trinajstić information content (AvgIpc) is 3.20. The van der Waals surface area contributed by atoms with Gasteiger partial charge in [0.15, 0.2) is 5.82 Å². The maximum absolute atomic E-state index is 12.1. The zero-order chi connectivity index (χ0) is 16.2. The molecule has 9 heteroatoms. The van der Waals surface area contributed by atoms with E-state index in [4.69, 9.17) is 4.52 Å². The molecule has 0 radical (unpaired) electrons. The summed E-state index contributed by atoms with van der Waals surface area (Å²) >= 11 is 0. The molecule has 9 nitrogen and oxygen atoms in total. The van der Waals surface area contributed by atoms with E-state index in [1.54, 1.807) is 44.7 Å². The summed E-state index contributed by atoms with van der Waals surface area (Å²) in [6.07, 6.45) is 4.54. The molecule has 0 spiro atoms. The molecule has 0 fully saturated rings. The van der Waals surface area contributed by atoms with Crippen LogP contribution < -0.4 is 5.32 Å². The summed E-state index contributed by atoms with van der Waals surface area (Å²) in [6.45, 7) is 2.16. The van der Waals surface area contributed by atoms with Crippen molar-refractivity contribution in [3.05, 3.63) is 48.5 Å². The standard InChI is InChI=1S/C14H15N7O2/c1-10-5-12(19-23-10)7-20(2)14(22)18-11-3-4-13(16-6-11)21-9-15-8-17-21/h3-6,8-9H,7H2,1-2H3,(H,18,22). The van der Waals surface area contributed by atoms with E-state index < -0.39 is 0 Å². The van der Waals surface area contributed by atoms with Crippen molar-refractivity contribution in [2.45, 2.75) is 13.5 Å². The van der Waals surface area contributed by atoms with Crippen molar-refractivity contribution in [1.82, 2.24) is 29.8 Å². The summed E-state index contributed by atoms with van der Waals surface area (Å²) in [5.74, 6) is 1.33.